The maximum atomic E-state index is 5.75. The van der Waals surface area contributed by atoms with Gasteiger partial charge >= 0.3 is 0 Å². The van der Waals surface area contributed by atoms with Gasteiger partial charge in [-0.1, -0.05) is 12.1 Å². The number of benzene rings is 1. The van der Waals surface area contributed by atoms with Crippen molar-refractivity contribution < 1.29 is 0 Å². The van der Waals surface area contributed by atoms with Crippen molar-refractivity contribution in [3.63, 3.8) is 0 Å². The molecule has 3 aromatic rings. The fourth-order valence-corrected chi connectivity index (χ4v) is 4.11. The van der Waals surface area contributed by atoms with E-state index in [4.69, 9.17) is 12.2 Å². The molecule has 0 spiro atoms. The molecule has 2 aromatic heterocycles. The lowest BCUT2D eigenvalue weighted by molar-refractivity contribution is 0.567. The molecule has 0 radical (unpaired) electrons. The van der Waals surface area contributed by atoms with Crippen LogP contribution in [0.15, 0.2) is 61.1 Å². The number of pyridine rings is 1. The number of aryl methyl sites for hydroxylation is 3. The molecule has 5 heteroatoms. The molecule has 0 bridgehead atoms. The highest BCUT2D eigenvalue weighted by molar-refractivity contribution is 7.80. The molecule has 4 rings (SSSR count). The SMILES string of the molecule is Cc1cc(C)cc(N2C(=S)N[C@H](c3ccccn3)[C@@H]2c2ccn(C)c2)c1. The lowest BCUT2D eigenvalue weighted by atomic mass is 9.98. The predicted molar refractivity (Wildman–Crippen MR) is 109 cm³/mol. The molecule has 1 aromatic carbocycles. The minimum atomic E-state index is 0.00641. The summed E-state index contributed by atoms with van der Waals surface area (Å²) >= 11 is 5.75. The fourth-order valence-electron chi connectivity index (χ4n) is 3.76. The molecule has 0 saturated carbocycles. The van der Waals surface area contributed by atoms with Crippen LogP contribution in [0.4, 0.5) is 5.69 Å². The summed E-state index contributed by atoms with van der Waals surface area (Å²) < 4.78 is 2.08. The van der Waals surface area contributed by atoms with Gasteiger partial charge in [-0.15, -0.1) is 0 Å². The maximum Gasteiger partial charge on any atom is 0.174 e. The largest absolute Gasteiger partial charge is 0.357 e. The quantitative estimate of drug-likeness (QED) is 0.708. The Hall–Kier alpha value is -2.66. The first kappa shape index (κ1) is 16.8. The summed E-state index contributed by atoms with van der Waals surface area (Å²) in [5.74, 6) is 0. The van der Waals surface area contributed by atoms with E-state index in [2.05, 4.69) is 76.3 Å². The molecule has 1 aliphatic heterocycles. The monoisotopic (exact) mass is 362 g/mol. The van der Waals surface area contributed by atoms with Gasteiger partial charge in [-0.2, -0.15) is 0 Å². The van der Waals surface area contributed by atoms with E-state index >= 15 is 0 Å². The van der Waals surface area contributed by atoms with Gasteiger partial charge in [0.1, 0.15) is 0 Å². The molecule has 2 atom stereocenters. The summed E-state index contributed by atoms with van der Waals surface area (Å²) in [5, 5.41) is 4.24. The second-order valence-electron chi connectivity index (χ2n) is 6.95. The number of rotatable bonds is 3. The molecule has 1 saturated heterocycles. The third-order valence-electron chi connectivity index (χ3n) is 4.78. The number of nitrogens with one attached hydrogen (secondary N) is 1. The van der Waals surface area contributed by atoms with Crippen molar-refractivity contribution in [3.05, 3.63) is 83.4 Å². The van der Waals surface area contributed by atoms with Crippen molar-refractivity contribution in [2.75, 3.05) is 4.90 Å². The number of hydrogen-bond donors (Lipinski definition) is 1. The van der Waals surface area contributed by atoms with E-state index in [1.54, 1.807) is 0 Å². The third kappa shape index (κ3) is 2.99. The van der Waals surface area contributed by atoms with Gasteiger partial charge in [0.2, 0.25) is 0 Å². The fraction of sp³-hybridized carbons (Fsp3) is 0.238. The Kier molecular flexibility index (Phi) is 4.24. The highest BCUT2D eigenvalue weighted by Gasteiger charge is 2.41. The van der Waals surface area contributed by atoms with Crippen LogP contribution in [-0.4, -0.2) is 14.7 Å². The van der Waals surface area contributed by atoms with E-state index in [0.717, 1.165) is 16.5 Å². The van der Waals surface area contributed by atoms with Crippen molar-refractivity contribution in [1.29, 1.82) is 0 Å². The normalized spacial score (nSPS) is 19.7. The molecule has 0 aliphatic carbocycles. The highest BCUT2D eigenvalue weighted by Crippen LogP contribution is 2.41. The zero-order chi connectivity index (χ0) is 18.3. The Balaban J connectivity index is 1.85. The average Bonchev–Trinajstić information content (AvgIpc) is 3.18. The van der Waals surface area contributed by atoms with Crippen molar-refractivity contribution in [2.45, 2.75) is 25.9 Å². The van der Waals surface area contributed by atoms with E-state index in [-0.39, 0.29) is 12.1 Å². The molecule has 1 aliphatic rings. The highest BCUT2D eigenvalue weighted by atomic mass is 32.1. The van der Waals surface area contributed by atoms with Crippen molar-refractivity contribution in [3.8, 4) is 0 Å². The van der Waals surface area contributed by atoms with Crippen LogP contribution in [-0.2, 0) is 7.05 Å². The number of thiocarbonyl (C=S) groups is 1. The van der Waals surface area contributed by atoms with Crippen LogP contribution in [0.1, 0.15) is 34.5 Å². The van der Waals surface area contributed by atoms with Gasteiger partial charge < -0.3 is 14.8 Å². The Morgan fingerprint density at radius 1 is 1.08 bits per heavy atom. The van der Waals surface area contributed by atoms with Gasteiger partial charge in [0.05, 0.1) is 17.8 Å². The molecular weight excluding hydrogens is 340 g/mol. The summed E-state index contributed by atoms with van der Waals surface area (Å²) in [7, 11) is 2.04. The number of aromatic nitrogens is 2. The van der Waals surface area contributed by atoms with Gasteiger partial charge in [0, 0.05) is 31.3 Å². The first-order chi connectivity index (χ1) is 12.5. The smallest absolute Gasteiger partial charge is 0.174 e. The molecule has 3 heterocycles. The van der Waals surface area contributed by atoms with Crippen molar-refractivity contribution in [1.82, 2.24) is 14.9 Å². The van der Waals surface area contributed by atoms with E-state index in [1.165, 1.54) is 16.7 Å². The minimum absolute atomic E-state index is 0.00641. The van der Waals surface area contributed by atoms with Crippen molar-refractivity contribution in [2.24, 2.45) is 7.05 Å². The van der Waals surface area contributed by atoms with Crippen LogP contribution in [0.5, 0.6) is 0 Å². The molecule has 132 valence electrons. The van der Waals surface area contributed by atoms with E-state index < -0.39 is 0 Å². The Morgan fingerprint density at radius 3 is 2.46 bits per heavy atom. The van der Waals surface area contributed by atoms with Gasteiger partial charge in [-0.05, 0) is 73.1 Å². The lowest BCUT2D eigenvalue weighted by Crippen LogP contribution is -2.29. The summed E-state index contributed by atoms with van der Waals surface area (Å²) in [5.41, 5.74) is 5.80. The van der Waals surface area contributed by atoms with Gasteiger partial charge in [0.15, 0.2) is 5.11 Å². The first-order valence-electron chi connectivity index (χ1n) is 8.74. The summed E-state index contributed by atoms with van der Waals surface area (Å²) in [6.07, 6.45) is 6.07. The topological polar surface area (TPSA) is 33.1 Å². The van der Waals surface area contributed by atoms with Crippen LogP contribution < -0.4 is 10.2 Å². The standard InChI is InChI=1S/C21H22N4S/c1-14-10-15(2)12-17(11-14)25-20(16-7-9-24(3)13-16)19(23-21(25)26)18-6-4-5-8-22-18/h4-13,19-20H,1-3H3,(H,23,26)/t19-,20+/m1/s1. The zero-order valence-corrected chi connectivity index (χ0v) is 16.0. The van der Waals surface area contributed by atoms with E-state index in [1.807, 2.05) is 25.4 Å². The molecule has 1 fully saturated rings. The summed E-state index contributed by atoms with van der Waals surface area (Å²) in [6.45, 7) is 4.24. The van der Waals surface area contributed by atoms with Crippen LogP contribution >= 0.6 is 12.2 Å². The Morgan fingerprint density at radius 2 is 1.85 bits per heavy atom. The Labute approximate surface area is 159 Å². The van der Waals surface area contributed by atoms with Crippen molar-refractivity contribution >= 4 is 23.0 Å². The van der Waals surface area contributed by atoms with E-state index in [9.17, 15) is 0 Å². The zero-order valence-electron chi connectivity index (χ0n) is 15.2. The molecule has 26 heavy (non-hydrogen) atoms. The second kappa shape index (κ2) is 6.57. The van der Waals surface area contributed by atoms with Crippen LogP contribution in [0.25, 0.3) is 0 Å². The predicted octanol–water partition coefficient (Wildman–Crippen LogP) is 4.21. The molecule has 1 N–H and O–H groups in total. The first-order valence-corrected chi connectivity index (χ1v) is 9.14. The number of hydrogen-bond acceptors (Lipinski definition) is 2. The van der Waals surface area contributed by atoms with Gasteiger partial charge in [-0.3, -0.25) is 4.98 Å². The minimum Gasteiger partial charge on any atom is -0.357 e. The molecule has 0 unspecified atom stereocenters. The van der Waals surface area contributed by atoms with Gasteiger partial charge in [-0.25, -0.2) is 0 Å². The second-order valence-corrected chi connectivity index (χ2v) is 7.34. The summed E-state index contributed by atoms with van der Waals surface area (Å²) in [4.78, 5) is 6.81. The van der Waals surface area contributed by atoms with Crippen LogP contribution in [0, 0.1) is 13.8 Å². The number of anilines is 1. The number of nitrogens with zero attached hydrogens (tertiary/aromatic N) is 3. The molecule has 4 nitrogen and oxygen atoms in total. The summed E-state index contributed by atoms with van der Waals surface area (Å²) in [6, 6.07) is 14.8. The maximum absolute atomic E-state index is 5.75. The van der Waals surface area contributed by atoms with E-state index in [0.29, 0.717) is 0 Å². The molecular formula is C21H22N4S. The van der Waals surface area contributed by atoms with Crippen LogP contribution in [0.3, 0.4) is 0 Å². The molecule has 0 amide bonds. The van der Waals surface area contributed by atoms with Gasteiger partial charge in [0.25, 0.3) is 0 Å². The average molecular weight is 363 g/mol. The van der Waals surface area contributed by atoms with Crippen LogP contribution in [0.2, 0.25) is 0 Å². The lowest BCUT2D eigenvalue weighted by Gasteiger charge is -2.27. The third-order valence-corrected chi connectivity index (χ3v) is 5.09. The Bertz CT molecular complexity index is 927.